The van der Waals surface area contributed by atoms with Crippen LogP contribution < -0.4 is 0 Å². The Bertz CT molecular complexity index is 373. The van der Waals surface area contributed by atoms with Crippen molar-refractivity contribution in [1.29, 1.82) is 0 Å². The predicted molar refractivity (Wildman–Crippen MR) is 69.5 cm³/mol. The lowest BCUT2D eigenvalue weighted by atomic mass is 9.91. The number of carboxylic acid groups (broad SMARTS) is 1. The van der Waals surface area contributed by atoms with Crippen molar-refractivity contribution in [2.45, 2.75) is 32.1 Å². The highest BCUT2D eigenvalue weighted by Gasteiger charge is 2.21. The number of pyridine rings is 1. The second-order valence-electron chi connectivity index (χ2n) is 4.96. The Morgan fingerprint density at radius 3 is 2.61 bits per heavy atom. The van der Waals surface area contributed by atoms with Crippen LogP contribution in [0.2, 0.25) is 0 Å². The average Bonchev–Trinajstić information content (AvgIpc) is 2.40. The van der Waals surface area contributed by atoms with Crippen LogP contribution in [0, 0.1) is 5.92 Å². The Morgan fingerprint density at radius 1 is 1.33 bits per heavy atom. The lowest BCUT2D eigenvalue weighted by Gasteiger charge is -2.29. The summed E-state index contributed by atoms with van der Waals surface area (Å²) in [4.78, 5) is 16.3. The quantitative estimate of drug-likeness (QED) is 0.891. The summed E-state index contributed by atoms with van der Waals surface area (Å²) >= 11 is 0. The van der Waals surface area contributed by atoms with Gasteiger partial charge in [0.05, 0.1) is 0 Å². The molecule has 1 aliphatic heterocycles. The van der Waals surface area contributed by atoms with E-state index in [1.54, 1.807) is 0 Å². The van der Waals surface area contributed by atoms with Crippen molar-refractivity contribution in [3.8, 4) is 0 Å². The minimum absolute atomic E-state index is 0.697. The van der Waals surface area contributed by atoms with E-state index in [-0.39, 0.29) is 0 Å². The minimum Gasteiger partial charge on any atom is -0.465 e. The second kappa shape index (κ2) is 6.38. The molecule has 1 aromatic heterocycles. The summed E-state index contributed by atoms with van der Waals surface area (Å²) in [6.07, 6.45) is 8.41. The molecule has 1 N–H and O–H groups in total. The van der Waals surface area contributed by atoms with Crippen molar-refractivity contribution in [3.05, 3.63) is 30.1 Å². The van der Waals surface area contributed by atoms with Gasteiger partial charge in [-0.25, -0.2) is 4.79 Å². The number of carbonyl (C=O) groups is 1. The minimum atomic E-state index is -0.773. The summed E-state index contributed by atoms with van der Waals surface area (Å²) in [6, 6.07) is 4.13. The highest BCUT2D eigenvalue weighted by Crippen LogP contribution is 2.22. The molecule has 0 spiro atoms. The number of likely N-dealkylation sites (tertiary alicyclic amines) is 1. The molecule has 0 atom stereocenters. The van der Waals surface area contributed by atoms with Crippen LogP contribution in [0.1, 0.15) is 31.2 Å². The lowest BCUT2D eigenvalue weighted by Crippen LogP contribution is -2.37. The topological polar surface area (TPSA) is 53.4 Å². The van der Waals surface area contributed by atoms with Crippen LogP contribution in [-0.4, -0.2) is 34.2 Å². The molecule has 1 aliphatic rings. The number of rotatable bonds is 4. The van der Waals surface area contributed by atoms with Crippen molar-refractivity contribution in [2.75, 3.05) is 13.1 Å². The van der Waals surface area contributed by atoms with Crippen molar-refractivity contribution in [2.24, 2.45) is 5.92 Å². The number of nitrogens with zero attached hydrogens (tertiary/aromatic N) is 2. The van der Waals surface area contributed by atoms with Crippen LogP contribution in [0.5, 0.6) is 0 Å². The summed E-state index contributed by atoms with van der Waals surface area (Å²) in [5.74, 6) is 0.697. The third kappa shape index (κ3) is 3.72. The SMILES string of the molecule is O=C(O)N1CCC(CCCc2ccncc2)CC1. The van der Waals surface area contributed by atoms with Gasteiger partial charge in [0.2, 0.25) is 0 Å². The zero-order valence-corrected chi connectivity index (χ0v) is 10.6. The standard InChI is InChI=1S/C14H20N2O2/c17-14(18)16-10-6-13(7-11-16)3-1-2-12-4-8-15-9-5-12/h4-5,8-9,13H,1-3,6-7,10-11H2,(H,17,18). The van der Waals surface area contributed by atoms with Gasteiger partial charge < -0.3 is 10.0 Å². The molecule has 0 unspecified atom stereocenters. The Labute approximate surface area is 108 Å². The molecule has 0 aliphatic carbocycles. The first-order chi connectivity index (χ1) is 8.75. The fourth-order valence-corrected chi connectivity index (χ4v) is 2.56. The maximum absolute atomic E-state index is 10.8. The van der Waals surface area contributed by atoms with Gasteiger partial charge in [-0.1, -0.05) is 0 Å². The second-order valence-corrected chi connectivity index (χ2v) is 4.96. The lowest BCUT2D eigenvalue weighted by molar-refractivity contribution is 0.123. The molecule has 0 bridgehead atoms. The smallest absolute Gasteiger partial charge is 0.407 e. The van der Waals surface area contributed by atoms with Crippen molar-refractivity contribution in [3.63, 3.8) is 0 Å². The molecule has 98 valence electrons. The normalized spacial score (nSPS) is 16.8. The Morgan fingerprint density at radius 2 is 2.00 bits per heavy atom. The Kier molecular flexibility index (Phi) is 4.56. The van der Waals surface area contributed by atoms with E-state index in [0.29, 0.717) is 19.0 Å². The van der Waals surface area contributed by atoms with E-state index in [1.165, 1.54) is 23.3 Å². The molecule has 1 fully saturated rings. The first-order valence-electron chi connectivity index (χ1n) is 6.62. The summed E-state index contributed by atoms with van der Waals surface area (Å²) in [5.41, 5.74) is 1.34. The van der Waals surface area contributed by atoms with Crippen molar-refractivity contribution in [1.82, 2.24) is 9.88 Å². The Balaban J connectivity index is 1.65. The largest absolute Gasteiger partial charge is 0.465 e. The molecule has 4 nitrogen and oxygen atoms in total. The first kappa shape index (κ1) is 12.9. The first-order valence-corrected chi connectivity index (χ1v) is 6.62. The van der Waals surface area contributed by atoms with Gasteiger partial charge in [-0.2, -0.15) is 0 Å². The van der Waals surface area contributed by atoms with Crippen LogP contribution in [0.25, 0.3) is 0 Å². The molecule has 0 radical (unpaired) electrons. The average molecular weight is 248 g/mol. The van der Waals surface area contributed by atoms with Gasteiger partial charge in [-0.15, -0.1) is 0 Å². The van der Waals surface area contributed by atoms with Crippen LogP contribution in [-0.2, 0) is 6.42 Å². The van der Waals surface area contributed by atoms with Gasteiger partial charge in [0.15, 0.2) is 0 Å². The van der Waals surface area contributed by atoms with Crippen LogP contribution in [0.15, 0.2) is 24.5 Å². The summed E-state index contributed by atoms with van der Waals surface area (Å²) in [5, 5.41) is 8.87. The van der Waals surface area contributed by atoms with E-state index in [9.17, 15) is 4.79 Å². The molecule has 2 heterocycles. The van der Waals surface area contributed by atoms with Crippen LogP contribution in [0.3, 0.4) is 0 Å². The number of piperidine rings is 1. The summed E-state index contributed by atoms with van der Waals surface area (Å²) in [7, 11) is 0. The van der Waals surface area contributed by atoms with E-state index in [0.717, 1.165) is 19.3 Å². The van der Waals surface area contributed by atoms with E-state index in [4.69, 9.17) is 5.11 Å². The van der Waals surface area contributed by atoms with Crippen LogP contribution >= 0.6 is 0 Å². The van der Waals surface area contributed by atoms with Gasteiger partial charge in [0.1, 0.15) is 0 Å². The highest BCUT2D eigenvalue weighted by molar-refractivity contribution is 5.64. The molecule has 1 saturated heterocycles. The summed E-state index contributed by atoms with van der Waals surface area (Å²) in [6.45, 7) is 1.41. The van der Waals surface area contributed by atoms with Gasteiger partial charge in [0, 0.05) is 25.5 Å². The van der Waals surface area contributed by atoms with Crippen LogP contribution in [0.4, 0.5) is 4.79 Å². The van der Waals surface area contributed by atoms with Gasteiger partial charge in [0.25, 0.3) is 0 Å². The predicted octanol–water partition coefficient (Wildman–Crippen LogP) is 2.79. The number of hydrogen-bond acceptors (Lipinski definition) is 2. The number of aryl methyl sites for hydroxylation is 1. The molecule has 0 aromatic carbocycles. The van der Waals surface area contributed by atoms with E-state index >= 15 is 0 Å². The third-order valence-electron chi connectivity index (χ3n) is 3.71. The Hall–Kier alpha value is -1.58. The maximum atomic E-state index is 10.8. The molecular formula is C14H20N2O2. The summed E-state index contributed by atoms with van der Waals surface area (Å²) < 4.78 is 0. The zero-order valence-electron chi connectivity index (χ0n) is 10.6. The van der Waals surface area contributed by atoms with Crippen molar-refractivity contribution >= 4 is 6.09 Å². The fourth-order valence-electron chi connectivity index (χ4n) is 2.56. The molecular weight excluding hydrogens is 228 g/mol. The van der Waals surface area contributed by atoms with Gasteiger partial charge >= 0.3 is 6.09 Å². The van der Waals surface area contributed by atoms with Crippen molar-refractivity contribution < 1.29 is 9.90 Å². The van der Waals surface area contributed by atoms with Gasteiger partial charge in [-0.3, -0.25) is 4.98 Å². The van der Waals surface area contributed by atoms with E-state index in [2.05, 4.69) is 17.1 Å². The molecule has 1 amide bonds. The monoisotopic (exact) mass is 248 g/mol. The number of amides is 1. The molecule has 2 rings (SSSR count). The molecule has 1 aromatic rings. The zero-order chi connectivity index (χ0) is 12.8. The highest BCUT2D eigenvalue weighted by atomic mass is 16.4. The molecule has 18 heavy (non-hydrogen) atoms. The number of hydrogen-bond donors (Lipinski definition) is 1. The fraction of sp³-hybridized carbons (Fsp3) is 0.571. The van der Waals surface area contributed by atoms with E-state index in [1.807, 2.05) is 12.4 Å². The maximum Gasteiger partial charge on any atom is 0.407 e. The molecule has 0 saturated carbocycles. The molecule has 4 heteroatoms. The van der Waals surface area contributed by atoms with E-state index < -0.39 is 6.09 Å². The number of aromatic nitrogens is 1. The third-order valence-corrected chi connectivity index (χ3v) is 3.71. The van der Waals surface area contributed by atoms with Gasteiger partial charge in [-0.05, 0) is 55.7 Å².